The maximum absolute atomic E-state index is 9.70. The van der Waals surface area contributed by atoms with E-state index < -0.39 is 0 Å². The van der Waals surface area contributed by atoms with Gasteiger partial charge in [-0.3, -0.25) is 4.90 Å². The molecule has 0 aromatic heterocycles. The van der Waals surface area contributed by atoms with Gasteiger partial charge in [-0.05, 0) is 57.4 Å². The summed E-state index contributed by atoms with van der Waals surface area (Å²) in [6, 6.07) is 1.58. The van der Waals surface area contributed by atoms with Crippen LogP contribution in [0.15, 0.2) is 0 Å². The van der Waals surface area contributed by atoms with Crippen LogP contribution >= 0.6 is 0 Å². The molecular weight excluding hydrogens is 198 g/mol. The third-order valence-corrected chi connectivity index (χ3v) is 5.13. The second kappa shape index (κ2) is 4.66. The zero-order valence-corrected chi connectivity index (χ0v) is 10.3. The van der Waals surface area contributed by atoms with E-state index in [-0.39, 0.29) is 6.10 Å². The van der Waals surface area contributed by atoms with E-state index in [2.05, 4.69) is 4.90 Å². The second-order valence-corrected chi connectivity index (χ2v) is 6.11. The molecule has 2 heteroatoms. The fourth-order valence-electron chi connectivity index (χ4n) is 4.35. The van der Waals surface area contributed by atoms with Crippen LogP contribution in [0.3, 0.4) is 0 Å². The van der Waals surface area contributed by atoms with Crippen molar-refractivity contribution in [3.63, 3.8) is 0 Å². The van der Waals surface area contributed by atoms with Crippen molar-refractivity contribution in [2.45, 2.75) is 76.0 Å². The minimum Gasteiger partial charge on any atom is -0.393 e. The van der Waals surface area contributed by atoms with Crippen LogP contribution in [-0.4, -0.2) is 34.7 Å². The zero-order chi connectivity index (χ0) is 11.0. The number of hydrogen-bond acceptors (Lipinski definition) is 2. The number of likely N-dealkylation sites (tertiary alicyclic amines) is 1. The van der Waals surface area contributed by atoms with E-state index in [9.17, 15) is 5.11 Å². The Morgan fingerprint density at radius 2 is 1.69 bits per heavy atom. The summed E-state index contributed by atoms with van der Waals surface area (Å²) in [4.78, 5) is 2.78. The van der Waals surface area contributed by atoms with E-state index in [1.54, 1.807) is 0 Å². The quantitative estimate of drug-likeness (QED) is 0.738. The van der Waals surface area contributed by atoms with Crippen LogP contribution in [0.2, 0.25) is 0 Å². The van der Waals surface area contributed by atoms with E-state index in [1.807, 2.05) is 0 Å². The Kier molecular flexibility index (Phi) is 3.21. The summed E-state index contributed by atoms with van der Waals surface area (Å²) in [7, 11) is 0. The standard InChI is InChI=1S/C14H25NO/c16-13-8-7-12(10-13)15-9-3-5-11-4-1-2-6-14(11)15/h11-14,16H,1-10H2/t11-,12?,13?,14-/m1/s1. The first-order chi connectivity index (χ1) is 7.84. The minimum absolute atomic E-state index is 0.00559. The lowest BCUT2D eigenvalue weighted by atomic mass is 9.77. The molecule has 2 unspecified atom stereocenters. The molecular formula is C14H25NO. The first-order valence-electron chi connectivity index (χ1n) is 7.28. The average Bonchev–Trinajstić information content (AvgIpc) is 2.75. The first kappa shape index (κ1) is 11.0. The Morgan fingerprint density at radius 1 is 0.875 bits per heavy atom. The molecule has 3 fully saturated rings. The molecule has 1 aliphatic heterocycles. The van der Waals surface area contributed by atoms with Crippen molar-refractivity contribution in [2.75, 3.05) is 6.54 Å². The number of rotatable bonds is 1. The molecule has 2 nitrogen and oxygen atoms in total. The first-order valence-corrected chi connectivity index (χ1v) is 7.28. The summed E-state index contributed by atoms with van der Waals surface area (Å²) in [5, 5.41) is 9.70. The summed E-state index contributed by atoms with van der Waals surface area (Å²) < 4.78 is 0. The highest BCUT2D eigenvalue weighted by atomic mass is 16.3. The maximum atomic E-state index is 9.70. The summed E-state index contributed by atoms with van der Waals surface area (Å²) in [5.74, 6) is 0.986. The summed E-state index contributed by atoms with van der Waals surface area (Å²) in [6.07, 6.45) is 12.0. The van der Waals surface area contributed by atoms with E-state index in [0.717, 1.165) is 24.8 Å². The summed E-state index contributed by atoms with van der Waals surface area (Å²) >= 11 is 0. The van der Waals surface area contributed by atoms with Gasteiger partial charge in [-0.1, -0.05) is 12.8 Å². The molecule has 1 N–H and O–H groups in total. The van der Waals surface area contributed by atoms with Gasteiger partial charge in [0.2, 0.25) is 0 Å². The van der Waals surface area contributed by atoms with E-state index in [4.69, 9.17) is 0 Å². The van der Waals surface area contributed by atoms with Crippen LogP contribution in [0, 0.1) is 5.92 Å². The predicted octanol–water partition coefficient (Wildman–Crippen LogP) is 2.55. The van der Waals surface area contributed by atoms with Gasteiger partial charge in [0.15, 0.2) is 0 Å². The molecule has 0 spiro atoms. The van der Waals surface area contributed by atoms with Crippen molar-refractivity contribution in [3.05, 3.63) is 0 Å². The average molecular weight is 223 g/mol. The molecule has 0 bridgehead atoms. The Hall–Kier alpha value is -0.0800. The van der Waals surface area contributed by atoms with Crippen molar-refractivity contribution in [2.24, 2.45) is 5.92 Å². The SMILES string of the molecule is OC1CCC(N2CCC[C@H]3CCCC[C@H]32)C1. The number of aliphatic hydroxyl groups excluding tert-OH is 1. The van der Waals surface area contributed by atoms with Crippen molar-refractivity contribution in [3.8, 4) is 0 Å². The van der Waals surface area contributed by atoms with Crippen molar-refractivity contribution in [1.82, 2.24) is 4.90 Å². The van der Waals surface area contributed by atoms with Crippen LogP contribution in [0.5, 0.6) is 0 Å². The topological polar surface area (TPSA) is 23.5 Å². The lowest BCUT2D eigenvalue weighted by molar-refractivity contribution is 0.0232. The highest BCUT2D eigenvalue weighted by molar-refractivity contribution is 4.93. The van der Waals surface area contributed by atoms with Crippen molar-refractivity contribution >= 4 is 0 Å². The number of nitrogens with zero attached hydrogens (tertiary/aromatic N) is 1. The molecule has 4 atom stereocenters. The highest BCUT2D eigenvalue weighted by Crippen LogP contribution is 2.39. The largest absolute Gasteiger partial charge is 0.393 e. The fourth-order valence-corrected chi connectivity index (χ4v) is 4.35. The summed E-state index contributed by atoms with van der Waals surface area (Å²) in [6.45, 7) is 1.30. The van der Waals surface area contributed by atoms with Crippen molar-refractivity contribution < 1.29 is 5.11 Å². The second-order valence-electron chi connectivity index (χ2n) is 6.11. The van der Waals surface area contributed by atoms with Gasteiger partial charge in [0.1, 0.15) is 0 Å². The van der Waals surface area contributed by atoms with Crippen molar-refractivity contribution in [1.29, 1.82) is 0 Å². The molecule has 1 heterocycles. The molecule has 1 saturated heterocycles. The Morgan fingerprint density at radius 3 is 2.50 bits per heavy atom. The third kappa shape index (κ3) is 2.02. The van der Waals surface area contributed by atoms with Crippen LogP contribution in [-0.2, 0) is 0 Å². The summed E-state index contributed by atoms with van der Waals surface area (Å²) in [5.41, 5.74) is 0. The Labute approximate surface area is 99.0 Å². The highest BCUT2D eigenvalue weighted by Gasteiger charge is 2.38. The zero-order valence-electron chi connectivity index (χ0n) is 10.3. The molecule has 16 heavy (non-hydrogen) atoms. The predicted molar refractivity (Wildman–Crippen MR) is 65.3 cm³/mol. The molecule has 0 radical (unpaired) electrons. The van der Waals surface area contributed by atoms with Gasteiger partial charge in [0, 0.05) is 12.1 Å². The molecule has 3 rings (SSSR count). The molecule has 0 aromatic carbocycles. The molecule has 2 saturated carbocycles. The van der Waals surface area contributed by atoms with E-state index in [1.165, 1.54) is 51.5 Å². The smallest absolute Gasteiger partial charge is 0.0555 e. The van der Waals surface area contributed by atoms with Gasteiger partial charge in [-0.2, -0.15) is 0 Å². The molecule has 0 aromatic rings. The fraction of sp³-hybridized carbons (Fsp3) is 1.00. The van der Waals surface area contributed by atoms with Gasteiger partial charge in [-0.15, -0.1) is 0 Å². The lowest BCUT2D eigenvalue weighted by Crippen LogP contribution is -2.50. The van der Waals surface area contributed by atoms with Crippen LogP contribution in [0.25, 0.3) is 0 Å². The van der Waals surface area contributed by atoms with Gasteiger partial charge in [-0.25, -0.2) is 0 Å². The van der Waals surface area contributed by atoms with Crippen LogP contribution in [0.1, 0.15) is 57.8 Å². The van der Waals surface area contributed by atoms with Gasteiger partial charge >= 0.3 is 0 Å². The monoisotopic (exact) mass is 223 g/mol. The molecule has 3 aliphatic rings. The number of aliphatic hydroxyl groups is 1. The number of piperidine rings is 1. The van der Waals surface area contributed by atoms with Gasteiger partial charge in [0.25, 0.3) is 0 Å². The van der Waals surface area contributed by atoms with E-state index in [0.29, 0.717) is 6.04 Å². The Bertz CT molecular complexity index is 241. The number of hydrogen-bond donors (Lipinski definition) is 1. The molecule has 2 aliphatic carbocycles. The molecule has 92 valence electrons. The van der Waals surface area contributed by atoms with E-state index >= 15 is 0 Å². The third-order valence-electron chi connectivity index (χ3n) is 5.13. The van der Waals surface area contributed by atoms with Gasteiger partial charge in [0.05, 0.1) is 6.10 Å². The van der Waals surface area contributed by atoms with Crippen LogP contribution in [0.4, 0.5) is 0 Å². The normalized spacial score (nSPS) is 45.6. The van der Waals surface area contributed by atoms with Gasteiger partial charge < -0.3 is 5.11 Å². The lowest BCUT2D eigenvalue weighted by Gasteiger charge is -2.47. The minimum atomic E-state index is -0.00559. The maximum Gasteiger partial charge on any atom is 0.0555 e. The van der Waals surface area contributed by atoms with Crippen LogP contribution < -0.4 is 0 Å². The Balaban J connectivity index is 1.68. The molecule has 0 amide bonds. The number of fused-ring (bicyclic) bond motifs is 1.